The number of amides is 2. The second-order valence-electron chi connectivity index (χ2n) is 8.07. The number of nitriles is 1. The summed E-state index contributed by atoms with van der Waals surface area (Å²) in [5, 5.41) is 13.0. The molecule has 2 N–H and O–H groups in total. The number of halogens is 1. The fraction of sp³-hybridized carbons (Fsp3) is 0.450. The van der Waals surface area contributed by atoms with E-state index >= 15 is 0 Å². The number of carbonyl (C=O) groups is 2. The van der Waals surface area contributed by atoms with Crippen molar-refractivity contribution >= 4 is 22.9 Å². The predicted octanol–water partition coefficient (Wildman–Crippen LogP) is 3.10. The van der Waals surface area contributed by atoms with E-state index in [1.165, 1.54) is 17.0 Å². The van der Waals surface area contributed by atoms with Gasteiger partial charge in [0.15, 0.2) is 0 Å². The number of benzene rings is 1. The highest BCUT2D eigenvalue weighted by Crippen LogP contribution is 2.23. The molecule has 2 aromatic rings. The molecule has 28 heavy (non-hydrogen) atoms. The van der Waals surface area contributed by atoms with Crippen molar-refractivity contribution < 1.29 is 18.7 Å². The monoisotopic (exact) mass is 386 g/mol. The highest BCUT2D eigenvalue weighted by Gasteiger charge is 2.38. The van der Waals surface area contributed by atoms with Crippen LogP contribution in [0, 0.1) is 30.0 Å². The third-order valence-corrected chi connectivity index (χ3v) is 4.61. The Balaban J connectivity index is 1.73. The molecular weight excluding hydrogens is 363 g/mol. The summed E-state index contributed by atoms with van der Waals surface area (Å²) in [6.07, 6.45) is -0.513. The molecule has 148 valence electrons. The van der Waals surface area contributed by atoms with Crippen LogP contribution < -0.4 is 5.32 Å². The van der Waals surface area contributed by atoms with Crippen molar-refractivity contribution in [3.63, 3.8) is 0 Å². The van der Waals surface area contributed by atoms with Crippen LogP contribution in [0.1, 0.15) is 36.8 Å². The zero-order chi connectivity index (χ0) is 20.6. The maximum atomic E-state index is 13.6. The number of fused-ring (bicyclic) bond motifs is 1. The zero-order valence-electron chi connectivity index (χ0n) is 16.3. The molecule has 1 aliphatic heterocycles. The van der Waals surface area contributed by atoms with Gasteiger partial charge in [-0.2, -0.15) is 5.26 Å². The Morgan fingerprint density at radius 1 is 1.32 bits per heavy atom. The van der Waals surface area contributed by atoms with Crippen LogP contribution in [0.25, 0.3) is 10.9 Å². The first-order chi connectivity index (χ1) is 13.1. The number of aromatic amines is 1. The van der Waals surface area contributed by atoms with Crippen LogP contribution in [-0.2, 0) is 4.74 Å². The highest BCUT2D eigenvalue weighted by molar-refractivity contribution is 5.99. The first-order valence-corrected chi connectivity index (χ1v) is 9.04. The number of hydrogen-bond donors (Lipinski definition) is 2. The molecule has 1 fully saturated rings. The van der Waals surface area contributed by atoms with Gasteiger partial charge in [-0.05, 0) is 51.5 Å². The molecule has 0 radical (unpaired) electrons. The molecular formula is C20H23FN4O3. The average Bonchev–Trinajstić information content (AvgIpc) is 3.17. The van der Waals surface area contributed by atoms with Crippen molar-refractivity contribution in [3.8, 4) is 6.07 Å². The largest absolute Gasteiger partial charge is 0.444 e. The van der Waals surface area contributed by atoms with Crippen molar-refractivity contribution in [1.29, 1.82) is 5.26 Å². The minimum Gasteiger partial charge on any atom is -0.444 e. The number of hydrogen-bond acceptors (Lipinski definition) is 4. The van der Waals surface area contributed by atoms with Crippen molar-refractivity contribution in [2.45, 2.75) is 39.3 Å². The van der Waals surface area contributed by atoms with Gasteiger partial charge in [-0.15, -0.1) is 0 Å². The summed E-state index contributed by atoms with van der Waals surface area (Å²) < 4.78 is 18.9. The minimum atomic E-state index is -0.641. The van der Waals surface area contributed by atoms with Gasteiger partial charge in [0.2, 0.25) is 0 Å². The van der Waals surface area contributed by atoms with Crippen LogP contribution in [0.3, 0.4) is 0 Å². The van der Waals surface area contributed by atoms with Crippen molar-refractivity contribution in [2.75, 3.05) is 13.1 Å². The van der Waals surface area contributed by atoms with Crippen LogP contribution in [0.5, 0.6) is 0 Å². The third kappa shape index (κ3) is 4.09. The number of rotatable bonds is 2. The standard InChI is InChI=1S/C20H23FN4O3/c1-11-5-13(21)6-15-14(11)7-16(23-15)18(26)24-17-10-25(9-12(17)8-22)19(27)28-20(2,3)4/h5-7,12,17,23H,9-10H2,1-4H3,(H,24,26)/t12-,17+/m1/s1. The average molecular weight is 386 g/mol. The highest BCUT2D eigenvalue weighted by atomic mass is 19.1. The SMILES string of the molecule is Cc1cc(F)cc2[nH]c(C(=O)N[C@H]3CN(C(=O)OC(C)(C)C)C[C@H]3C#N)cc12. The van der Waals surface area contributed by atoms with Crippen LogP contribution in [0.15, 0.2) is 18.2 Å². The lowest BCUT2D eigenvalue weighted by Gasteiger charge is -2.24. The van der Waals surface area contributed by atoms with E-state index in [-0.39, 0.29) is 24.6 Å². The first kappa shape index (κ1) is 19.7. The summed E-state index contributed by atoms with van der Waals surface area (Å²) in [6.45, 7) is 7.44. The lowest BCUT2D eigenvalue weighted by atomic mass is 10.1. The lowest BCUT2D eigenvalue weighted by Crippen LogP contribution is -2.41. The molecule has 3 rings (SSSR count). The Morgan fingerprint density at radius 2 is 2.04 bits per heavy atom. The van der Waals surface area contributed by atoms with E-state index in [0.717, 1.165) is 10.9 Å². The van der Waals surface area contributed by atoms with Crippen molar-refractivity contribution in [1.82, 2.24) is 15.2 Å². The summed E-state index contributed by atoms with van der Waals surface area (Å²) >= 11 is 0. The Morgan fingerprint density at radius 3 is 2.68 bits per heavy atom. The molecule has 0 unspecified atom stereocenters. The predicted molar refractivity (Wildman–Crippen MR) is 101 cm³/mol. The number of nitrogens with one attached hydrogen (secondary N) is 2. The van der Waals surface area contributed by atoms with Gasteiger partial charge in [-0.3, -0.25) is 4.79 Å². The van der Waals surface area contributed by atoms with Gasteiger partial charge in [0, 0.05) is 24.0 Å². The van der Waals surface area contributed by atoms with E-state index in [0.29, 0.717) is 5.52 Å². The van der Waals surface area contributed by atoms with Gasteiger partial charge in [0.05, 0.1) is 18.0 Å². The quantitative estimate of drug-likeness (QED) is 0.829. The Kier molecular flexibility index (Phi) is 5.02. The topological polar surface area (TPSA) is 98.2 Å². The number of nitrogens with zero attached hydrogens (tertiary/aromatic N) is 2. The molecule has 7 nitrogen and oxygen atoms in total. The first-order valence-electron chi connectivity index (χ1n) is 9.04. The normalized spacial score (nSPS) is 19.5. The van der Waals surface area contributed by atoms with Gasteiger partial charge in [0.1, 0.15) is 17.1 Å². The molecule has 1 saturated heterocycles. The number of ether oxygens (including phenoxy) is 1. The van der Waals surface area contributed by atoms with Crippen LogP contribution in [-0.4, -0.2) is 46.6 Å². The molecule has 2 atom stereocenters. The molecule has 0 bridgehead atoms. The van der Waals surface area contributed by atoms with Gasteiger partial charge in [-0.25, -0.2) is 9.18 Å². The number of likely N-dealkylation sites (tertiary alicyclic amines) is 1. The van der Waals surface area contributed by atoms with Gasteiger partial charge < -0.3 is 19.9 Å². The number of aromatic nitrogens is 1. The van der Waals surface area contributed by atoms with Crippen molar-refractivity contribution in [3.05, 3.63) is 35.3 Å². The van der Waals surface area contributed by atoms with Gasteiger partial charge in [-0.1, -0.05) is 0 Å². The van der Waals surface area contributed by atoms with Crippen LogP contribution in [0.4, 0.5) is 9.18 Å². The summed E-state index contributed by atoms with van der Waals surface area (Å²) in [7, 11) is 0. The summed E-state index contributed by atoms with van der Waals surface area (Å²) in [5.74, 6) is -1.33. The Bertz CT molecular complexity index is 970. The lowest BCUT2D eigenvalue weighted by molar-refractivity contribution is 0.0287. The van der Waals surface area contributed by atoms with Crippen molar-refractivity contribution in [2.24, 2.45) is 5.92 Å². The number of carbonyl (C=O) groups excluding carboxylic acids is 2. The number of H-pyrrole nitrogens is 1. The Hall–Kier alpha value is -3.08. The molecule has 0 aliphatic carbocycles. The van der Waals surface area contributed by atoms with Gasteiger partial charge in [0.25, 0.3) is 5.91 Å². The molecule has 0 saturated carbocycles. The maximum Gasteiger partial charge on any atom is 0.410 e. The third-order valence-electron chi connectivity index (χ3n) is 4.61. The minimum absolute atomic E-state index is 0.187. The maximum absolute atomic E-state index is 13.6. The zero-order valence-corrected chi connectivity index (χ0v) is 16.3. The van der Waals surface area contributed by atoms with Crippen LogP contribution >= 0.6 is 0 Å². The van der Waals surface area contributed by atoms with E-state index < -0.39 is 29.6 Å². The Labute approximate surface area is 162 Å². The molecule has 2 heterocycles. The molecule has 2 amide bonds. The smallest absolute Gasteiger partial charge is 0.410 e. The second-order valence-corrected chi connectivity index (χ2v) is 8.07. The van der Waals surface area contributed by atoms with E-state index in [9.17, 15) is 19.2 Å². The molecule has 1 aromatic carbocycles. The molecule has 1 aromatic heterocycles. The molecule has 8 heteroatoms. The molecule has 1 aliphatic rings. The van der Waals surface area contributed by atoms with Gasteiger partial charge >= 0.3 is 6.09 Å². The summed E-state index contributed by atoms with van der Waals surface area (Å²) in [5.41, 5.74) is 0.882. The van der Waals surface area contributed by atoms with E-state index in [1.807, 2.05) is 0 Å². The van der Waals surface area contributed by atoms with E-state index in [4.69, 9.17) is 4.74 Å². The number of aryl methyl sites for hydroxylation is 1. The van der Waals surface area contributed by atoms with E-state index in [1.54, 1.807) is 33.8 Å². The summed E-state index contributed by atoms with van der Waals surface area (Å²) in [6, 6.07) is 6.01. The second kappa shape index (κ2) is 7.15. The fourth-order valence-electron chi connectivity index (χ4n) is 3.30. The molecule has 0 spiro atoms. The fourth-order valence-corrected chi connectivity index (χ4v) is 3.30. The van der Waals surface area contributed by atoms with E-state index in [2.05, 4.69) is 16.4 Å². The summed E-state index contributed by atoms with van der Waals surface area (Å²) in [4.78, 5) is 29.2. The van der Waals surface area contributed by atoms with Crippen LogP contribution in [0.2, 0.25) is 0 Å².